The number of rotatable bonds is 9. The molecule has 0 aliphatic rings. The van der Waals surface area contributed by atoms with Crippen LogP contribution in [0, 0.1) is 13.8 Å². The van der Waals surface area contributed by atoms with Gasteiger partial charge in [-0.3, -0.25) is 0 Å². The highest BCUT2D eigenvalue weighted by Gasteiger charge is 2.13. The molecule has 0 unspecified atom stereocenters. The zero-order valence-corrected chi connectivity index (χ0v) is 27.4. The molecule has 48 heavy (non-hydrogen) atoms. The first-order chi connectivity index (χ1) is 23.6. The lowest BCUT2D eigenvalue weighted by Crippen LogP contribution is -2.09. The molecule has 0 atom stereocenters. The lowest BCUT2D eigenvalue weighted by atomic mass is 10.0. The first kappa shape index (κ1) is 30.5. The van der Waals surface area contributed by atoms with E-state index in [1.807, 2.05) is 0 Å². The summed E-state index contributed by atoms with van der Waals surface area (Å²) in [4.78, 5) is 4.59. The average molecular weight is 619 g/mol. The maximum Gasteiger partial charge on any atom is 0.0462 e. The zero-order valence-electron chi connectivity index (χ0n) is 27.4. The quantitative estimate of drug-likeness (QED) is 0.149. The highest BCUT2D eigenvalue weighted by molar-refractivity contribution is 5.80. The molecule has 7 rings (SSSR count). The minimum atomic E-state index is 1.13. The maximum absolute atomic E-state index is 2.30. The minimum Gasteiger partial charge on any atom is -0.311 e. The molecule has 7 aromatic rings. The van der Waals surface area contributed by atoms with Crippen molar-refractivity contribution >= 4 is 46.3 Å². The van der Waals surface area contributed by atoms with Crippen molar-refractivity contribution in [3.8, 4) is 11.1 Å². The second-order valence-electron chi connectivity index (χ2n) is 12.1. The Morgan fingerprint density at radius 1 is 0.292 bits per heavy atom. The van der Waals surface area contributed by atoms with Crippen molar-refractivity contribution in [2.24, 2.45) is 0 Å². The summed E-state index contributed by atoms with van der Waals surface area (Å²) < 4.78 is 0. The van der Waals surface area contributed by atoms with Crippen LogP contribution < -0.4 is 9.80 Å². The number of benzene rings is 7. The molecule has 0 aliphatic carbocycles. The summed E-state index contributed by atoms with van der Waals surface area (Å²) in [5.74, 6) is 0. The highest BCUT2D eigenvalue weighted by Crippen LogP contribution is 2.36. The van der Waals surface area contributed by atoms with Crippen LogP contribution in [-0.4, -0.2) is 0 Å². The van der Waals surface area contributed by atoms with Gasteiger partial charge in [0.2, 0.25) is 0 Å². The third-order valence-corrected chi connectivity index (χ3v) is 8.60. The van der Waals surface area contributed by atoms with Crippen molar-refractivity contribution in [3.63, 3.8) is 0 Å². The number of aryl methyl sites for hydroxylation is 2. The lowest BCUT2D eigenvalue weighted by molar-refractivity contribution is 1.27. The zero-order chi connectivity index (χ0) is 32.7. The van der Waals surface area contributed by atoms with Crippen molar-refractivity contribution in [2.45, 2.75) is 13.8 Å². The van der Waals surface area contributed by atoms with Gasteiger partial charge in [-0.1, -0.05) is 132 Å². The topological polar surface area (TPSA) is 6.48 Å². The standard InChI is InChI=1S/C46H38N2/c1-35-13-27-43(28-14-35)48(44-29-15-36(2)16-30-44)45-31-21-38(22-32-45)18-17-37-19-23-39(24-20-37)40-25-33-46(34-26-40)47(41-9-5-3-6-10-41)42-11-7-4-8-12-42/h3-34H,1-2H3/b18-17+. The van der Waals surface area contributed by atoms with Gasteiger partial charge in [0, 0.05) is 34.1 Å². The molecule has 0 saturated heterocycles. The molecule has 0 fully saturated rings. The number of para-hydroxylation sites is 2. The molecule has 0 spiro atoms. The molecule has 232 valence electrons. The fraction of sp³-hybridized carbons (Fsp3) is 0.0435. The predicted octanol–water partition coefficient (Wildman–Crippen LogP) is 13.1. The summed E-state index contributed by atoms with van der Waals surface area (Å²) in [5, 5.41) is 0. The highest BCUT2D eigenvalue weighted by atomic mass is 15.1. The summed E-state index contributed by atoms with van der Waals surface area (Å²) in [6, 6.07) is 64.8. The molecular formula is C46H38N2. The second kappa shape index (κ2) is 14.1. The summed E-state index contributed by atoms with van der Waals surface area (Å²) in [6.07, 6.45) is 4.36. The van der Waals surface area contributed by atoms with Gasteiger partial charge in [0.25, 0.3) is 0 Å². The van der Waals surface area contributed by atoms with Crippen LogP contribution >= 0.6 is 0 Å². The first-order valence-electron chi connectivity index (χ1n) is 16.4. The Kier molecular flexibility index (Phi) is 8.97. The van der Waals surface area contributed by atoms with Crippen molar-refractivity contribution in [1.29, 1.82) is 0 Å². The van der Waals surface area contributed by atoms with Crippen molar-refractivity contribution in [1.82, 2.24) is 0 Å². The van der Waals surface area contributed by atoms with E-state index < -0.39 is 0 Å². The Balaban J connectivity index is 1.07. The van der Waals surface area contributed by atoms with Crippen molar-refractivity contribution in [3.05, 3.63) is 204 Å². The van der Waals surface area contributed by atoms with E-state index in [0.29, 0.717) is 0 Å². The van der Waals surface area contributed by atoms with Gasteiger partial charge < -0.3 is 9.80 Å². The van der Waals surface area contributed by atoms with Crippen LogP contribution in [0.15, 0.2) is 182 Å². The molecule has 7 aromatic carbocycles. The normalized spacial score (nSPS) is 11.0. The maximum atomic E-state index is 2.30. The summed E-state index contributed by atoms with van der Waals surface area (Å²) in [7, 11) is 0. The predicted molar refractivity (Wildman–Crippen MR) is 206 cm³/mol. The molecule has 0 saturated carbocycles. The van der Waals surface area contributed by atoms with E-state index in [-0.39, 0.29) is 0 Å². The van der Waals surface area contributed by atoms with E-state index in [9.17, 15) is 0 Å². The van der Waals surface area contributed by atoms with Gasteiger partial charge >= 0.3 is 0 Å². The van der Waals surface area contributed by atoms with E-state index >= 15 is 0 Å². The summed E-state index contributed by atoms with van der Waals surface area (Å²) in [6.45, 7) is 4.25. The number of hydrogen-bond donors (Lipinski definition) is 0. The van der Waals surface area contributed by atoms with Gasteiger partial charge in [0.15, 0.2) is 0 Å². The second-order valence-corrected chi connectivity index (χ2v) is 12.1. The number of hydrogen-bond acceptors (Lipinski definition) is 2. The Morgan fingerprint density at radius 2 is 0.562 bits per heavy atom. The molecule has 2 nitrogen and oxygen atoms in total. The van der Waals surface area contributed by atoms with Crippen LogP contribution in [-0.2, 0) is 0 Å². The molecule has 0 N–H and O–H groups in total. The van der Waals surface area contributed by atoms with Gasteiger partial charge in [-0.2, -0.15) is 0 Å². The number of nitrogens with zero attached hydrogens (tertiary/aromatic N) is 2. The van der Waals surface area contributed by atoms with Crippen molar-refractivity contribution in [2.75, 3.05) is 9.80 Å². The van der Waals surface area contributed by atoms with Crippen LogP contribution in [0.1, 0.15) is 22.3 Å². The van der Waals surface area contributed by atoms with Gasteiger partial charge in [-0.15, -0.1) is 0 Å². The fourth-order valence-corrected chi connectivity index (χ4v) is 5.95. The van der Waals surface area contributed by atoms with E-state index in [2.05, 4.69) is 218 Å². The van der Waals surface area contributed by atoms with E-state index in [4.69, 9.17) is 0 Å². The van der Waals surface area contributed by atoms with Gasteiger partial charge in [0.05, 0.1) is 0 Å². The molecule has 0 amide bonds. The number of anilines is 6. The Hall–Kier alpha value is -6.12. The third-order valence-electron chi connectivity index (χ3n) is 8.60. The van der Waals surface area contributed by atoms with Gasteiger partial charge in [-0.25, -0.2) is 0 Å². The third kappa shape index (κ3) is 6.99. The van der Waals surface area contributed by atoms with Crippen LogP contribution in [0.2, 0.25) is 0 Å². The monoisotopic (exact) mass is 618 g/mol. The largest absolute Gasteiger partial charge is 0.311 e. The SMILES string of the molecule is Cc1ccc(N(c2ccc(C)cc2)c2ccc(/C=C/c3ccc(-c4ccc(N(c5ccccc5)c5ccccc5)cc4)cc3)cc2)cc1. The van der Waals surface area contributed by atoms with Crippen LogP contribution in [0.5, 0.6) is 0 Å². The Morgan fingerprint density at radius 3 is 0.938 bits per heavy atom. The first-order valence-corrected chi connectivity index (χ1v) is 16.4. The fourth-order valence-electron chi connectivity index (χ4n) is 5.95. The van der Waals surface area contributed by atoms with Gasteiger partial charge in [0.1, 0.15) is 0 Å². The summed E-state index contributed by atoms with van der Waals surface area (Å²) >= 11 is 0. The molecule has 2 heteroatoms. The Bertz CT molecular complexity index is 1990. The molecule has 0 heterocycles. The lowest BCUT2D eigenvalue weighted by Gasteiger charge is -2.25. The van der Waals surface area contributed by atoms with Crippen LogP contribution in [0.3, 0.4) is 0 Å². The van der Waals surface area contributed by atoms with Crippen LogP contribution in [0.25, 0.3) is 23.3 Å². The van der Waals surface area contributed by atoms with E-state index in [1.54, 1.807) is 0 Å². The molecule has 0 radical (unpaired) electrons. The summed E-state index contributed by atoms with van der Waals surface area (Å²) in [5.41, 5.74) is 14.0. The average Bonchev–Trinajstić information content (AvgIpc) is 3.14. The Labute approximate surface area is 284 Å². The van der Waals surface area contributed by atoms with E-state index in [1.165, 1.54) is 27.8 Å². The molecule has 0 aliphatic heterocycles. The molecule has 0 bridgehead atoms. The molecular weight excluding hydrogens is 581 g/mol. The molecule has 0 aromatic heterocycles. The minimum absolute atomic E-state index is 1.13. The van der Waals surface area contributed by atoms with E-state index in [0.717, 1.165) is 39.7 Å². The van der Waals surface area contributed by atoms with Crippen LogP contribution in [0.4, 0.5) is 34.1 Å². The van der Waals surface area contributed by atoms with Crippen molar-refractivity contribution < 1.29 is 0 Å². The smallest absolute Gasteiger partial charge is 0.0462 e. The van der Waals surface area contributed by atoms with Gasteiger partial charge in [-0.05, 0) is 109 Å².